The van der Waals surface area contributed by atoms with Gasteiger partial charge in [0.05, 0.1) is 16.7 Å². The van der Waals surface area contributed by atoms with Crippen LogP contribution in [-0.4, -0.2) is 33.1 Å². The molecule has 2 aromatic heterocycles. The first-order chi connectivity index (χ1) is 13.8. The lowest BCUT2D eigenvalue weighted by Gasteiger charge is -2.21. The molecule has 2 aromatic carbocycles. The zero-order valence-electron chi connectivity index (χ0n) is 15.4. The third-order valence-corrected chi connectivity index (χ3v) is 5.81. The number of hydrogen-bond acceptors (Lipinski definition) is 3. The molecule has 0 radical (unpaired) electrons. The van der Waals surface area contributed by atoms with E-state index in [0.29, 0.717) is 5.92 Å². The summed E-state index contributed by atoms with van der Waals surface area (Å²) in [6.45, 7) is 1.91. The van der Waals surface area contributed by atoms with Gasteiger partial charge in [-0.2, -0.15) is 0 Å². The monoisotopic (exact) mass is 384 g/mol. The molecule has 0 bridgehead atoms. The largest absolute Gasteiger partial charge is 0.348 e. The molecule has 1 N–H and O–H groups in total. The Balaban J connectivity index is 1.43. The Morgan fingerprint density at radius 1 is 0.964 bits per heavy atom. The molecule has 1 aliphatic rings. The van der Waals surface area contributed by atoms with Crippen molar-refractivity contribution in [3.05, 3.63) is 78.6 Å². The number of benzene rings is 2. The second-order valence-electron chi connectivity index (χ2n) is 7.17. The van der Waals surface area contributed by atoms with Gasteiger partial charge < -0.3 is 10.2 Å². The molecule has 0 aliphatic carbocycles. The van der Waals surface area contributed by atoms with Crippen LogP contribution in [0.15, 0.2) is 73.1 Å². The molecule has 0 saturated carbocycles. The molecular formula is C23H20N4S. The van der Waals surface area contributed by atoms with Gasteiger partial charge in [0.15, 0.2) is 5.11 Å². The van der Waals surface area contributed by atoms with E-state index in [4.69, 9.17) is 12.2 Å². The number of likely N-dealkylation sites (tertiary alicyclic amines) is 1. The Kier molecular flexibility index (Phi) is 4.37. The predicted molar refractivity (Wildman–Crippen MR) is 119 cm³/mol. The minimum atomic E-state index is 0.528. The summed E-state index contributed by atoms with van der Waals surface area (Å²) in [5, 5.41) is 6.35. The smallest absolute Gasteiger partial charge is 0.173 e. The fourth-order valence-corrected chi connectivity index (χ4v) is 4.29. The minimum Gasteiger partial charge on any atom is -0.348 e. The highest BCUT2D eigenvalue weighted by Gasteiger charge is 2.25. The number of hydrogen-bond donors (Lipinski definition) is 1. The van der Waals surface area contributed by atoms with E-state index in [9.17, 15) is 0 Å². The highest BCUT2D eigenvalue weighted by molar-refractivity contribution is 7.80. The third kappa shape index (κ3) is 3.08. The van der Waals surface area contributed by atoms with E-state index < -0.39 is 0 Å². The van der Waals surface area contributed by atoms with Gasteiger partial charge in [-0.15, -0.1) is 0 Å². The molecule has 0 spiro atoms. The van der Waals surface area contributed by atoms with Gasteiger partial charge in [0, 0.05) is 42.2 Å². The molecule has 1 saturated heterocycles. The lowest BCUT2D eigenvalue weighted by Crippen LogP contribution is -2.32. The zero-order chi connectivity index (χ0) is 18.9. The van der Waals surface area contributed by atoms with Crippen molar-refractivity contribution in [2.45, 2.75) is 12.3 Å². The number of anilines is 1. The second-order valence-corrected chi connectivity index (χ2v) is 7.56. The standard InChI is InChI=1S/C23H20N4S/c28-23(27-13-10-18(15-27)16-6-2-1-3-7-16)26-20-14-17-8-4-11-24-21(17)22-19(20)9-5-12-25-22/h1-9,11-12,14,18H,10,13,15H2,(H,26,28)/t18-/m0/s1. The van der Waals surface area contributed by atoms with Gasteiger partial charge in [0.25, 0.3) is 0 Å². The number of thiocarbonyl (C=S) groups is 1. The first kappa shape index (κ1) is 17.1. The summed E-state index contributed by atoms with van der Waals surface area (Å²) in [6.07, 6.45) is 4.74. The van der Waals surface area contributed by atoms with Crippen molar-refractivity contribution >= 4 is 44.8 Å². The Labute approximate surface area is 169 Å². The van der Waals surface area contributed by atoms with Crippen molar-refractivity contribution < 1.29 is 0 Å². The average Bonchev–Trinajstić information content (AvgIpc) is 3.25. The van der Waals surface area contributed by atoms with E-state index in [1.165, 1.54) is 5.56 Å². The Hall–Kier alpha value is -3.05. The first-order valence-corrected chi connectivity index (χ1v) is 9.94. The van der Waals surface area contributed by atoms with E-state index in [1.54, 1.807) is 0 Å². The molecule has 28 heavy (non-hydrogen) atoms. The summed E-state index contributed by atoms with van der Waals surface area (Å²) in [4.78, 5) is 11.4. The summed E-state index contributed by atoms with van der Waals surface area (Å²) < 4.78 is 0. The first-order valence-electron chi connectivity index (χ1n) is 9.53. The molecule has 4 nitrogen and oxygen atoms in total. The van der Waals surface area contributed by atoms with Crippen molar-refractivity contribution in [1.82, 2.24) is 14.9 Å². The molecule has 138 valence electrons. The lowest BCUT2D eigenvalue weighted by molar-refractivity contribution is 0.519. The number of rotatable bonds is 2. The molecular weight excluding hydrogens is 364 g/mol. The number of aromatic nitrogens is 2. The molecule has 1 atom stereocenters. The van der Waals surface area contributed by atoms with Crippen molar-refractivity contribution in [2.75, 3.05) is 18.4 Å². The van der Waals surface area contributed by atoms with Crippen LogP contribution in [0.4, 0.5) is 5.69 Å². The molecule has 3 heterocycles. The van der Waals surface area contributed by atoms with Crippen LogP contribution in [0.3, 0.4) is 0 Å². The summed E-state index contributed by atoms with van der Waals surface area (Å²) >= 11 is 5.76. The highest BCUT2D eigenvalue weighted by Crippen LogP contribution is 2.31. The van der Waals surface area contributed by atoms with Crippen LogP contribution < -0.4 is 5.32 Å². The molecule has 0 unspecified atom stereocenters. The second kappa shape index (κ2) is 7.17. The molecule has 1 aliphatic heterocycles. The molecule has 4 aromatic rings. The van der Waals surface area contributed by atoms with Crippen molar-refractivity contribution in [3.8, 4) is 0 Å². The number of pyridine rings is 2. The highest BCUT2D eigenvalue weighted by atomic mass is 32.1. The van der Waals surface area contributed by atoms with Crippen LogP contribution in [0.2, 0.25) is 0 Å². The Bertz CT molecular complexity index is 1160. The maximum atomic E-state index is 5.76. The van der Waals surface area contributed by atoms with Gasteiger partial charge in [0.1, 0.15) is 0 Å². The SMILES string of the molecule is S=C(Nc1cc2cccnc2c2ncccc12)N1CC[C@H](c2ccccc2)C1. The molecule has 1 fully saturated rings. The molecule has 5 heteroatoms. The van der Waals surface area contributed by atoms with E-state index in [0.717, 1.165) is 52.1 Å². The zero-order valence-corrected chi connectivity index (χ0v) is 16.2. The maximum Gasteiger partial charge on any atom is 0.173 e. The van der Waals surface area contributed by atoms with Crippen LogP contribution in [0.1, 0.15) is 17.9 Å². The number of fused-ring (bicyclic) bond motifs is 3. The maximum absolute atomic E-state index is 5.76. The van der Waals surface area contributed by atoms with Crippen molar-refractivity contribution in [3.63, 3.8) is 0 Å². The van der Waals surface area contributed by atoms with E-state index in [-0.39, 0.29) is 0 Å². The van der Waals surface area contributed by atoms with Crippen molar-refractivity contribution in [1.29, 1.82) is 0 Å². The fraction of sp³-hybridized carbons (Fsp3) is 0.174. The summed E-state index contributed by atoms with van der Waals surface area (Å²) in [5.41, 5.74) is 4.19. The topological polar surface area (TPSA) is 41.1 Å². The van der Waals surface area contributed by atoms with Crippen LogP contribution in [-0.2, 0) is 0 Å². The van der Waals surface area contributed by atoms with E-state index in [2.05, 4.69) is 68.7 Å². The normalized spacial score (nSPS) is 16.6. The predicted octanol–water partition coefficient (Wildman–Crippen LogP) is 4.97. The van der Waals surface area contributed by atoms with Gasteiger partial charge in [-0.05, 0) is 48.5 Å². The molecule has 0 amide bonds. The van der Waals surface area contributed by atoms with Crippen LogP contribution in [0.5, 0.6) is 0 Å². The lowest BCUT2D eigenvalue weighted by atomic mass is 9.99. The van der Waals surface area contributed by atoms with E-state index in [1.807, 2.05) is 24.5 Å². The van der Waals surface area contributed by atoms with Crippen LogP contribution in [0.25, 0.3) is 21.8 Å². The number of nitrogens with zero attached hydrogens (tertiary/aromatic N) is 3. The van der Waals surface area contributed by atoms with Crippen molar-refractivity contribution in [2.24, 2.45) is 0 Å². The average molecular weight is 385 g/mol. The number of nitrogens with one attached hydrogen (secondary N) is 1. The Morgan fingerprint density at radius 3 is 2.61 bits per heavy atom. The minimum absolute atomic E-state index is 0.528. The van der Waals surface area contributed by atoms with Crippen LogP contribution in [0, 0.1) is 0 Å². The summed E-state index contributed by atoms with van der Waals surface area (Å²) in [7, 11) is 0. The summed E-state index contributed by atoms with van der Waals surface area (Å²) in [6, 6.07) is 20.8. The van der Waals surface area contributed by atoms with Gasteiger partial charge in [-0.1, -0.05) is 36.4 Å². The van der Waals surface area contributed by atoms with Gasteiger partial charge in [-0.3, -0.25) is 9.97 Å². The van der Waals surface area contributed by atoms with Gasteiger partial charge in [-0.25, -0.2) is 0 Å². The fourth-order valence-electron chi connectivity index (χ4n) is 4.02. The van der Waals surface area contributed by atoms with E-state index >= 15 is 0 Å². The third-order valence-electron chi connectivity index (χ3n) is 5.45. The molecule has 5 rings (SSSR count). The summed E-state index contributed by atoms with van der Waals surface area (Å²) in [5.74, 6) is 0.528. The Morgan fingerprint density at radius 2 is 1.75 bits per heavy atom. The van der Waals surface area contributed by atoms with Gasteiger partial charge >= 0.3 is 0 Å². The van der Waals surface area contributed by atoms with Crippen LogP contribution >= 0.6 is 12.2 Å². The quantitative estimate of drug-likeness (QED) is 0.390. The van der Waals surface area contributed by atoms with Gasteiger partial charge in [0.2, 0.25) is 0 Å².